The first kappa shape index (κ1) is 19.1. The van der Waals surface area contributed by atoms with E-state index in [4.69, 9.17) is 5.73 Å². The summed E-state index contributed by atoms with van der Waals surface area (Å²) < 4.78 is 36.6. The highest BCUT2D eigenvalue weighted by molar-refractivity contribution is 7.98. The first-order valence-electron chi connectivity index (χ1n) is 6.65. The van der Waals surface area contributed by atoms with Gasteiger partial charge in [-0.05, 0) is 52.2 Å². The number of nitrogens with two attached hydrogens (primary N) is 1. The molecule has 0 aliphatic heterocycles. The van der Waals surface area contributed by atoms with Crippen LogP contribution in [0.5, 0.6) is 0 Å². The molecule has 0 radical (unpaired) electrons. The number of likely N-dealkylation sites (N-methyl/N-ethyl adjacent to an activating group) is 1. The van der Waals surface area contributed by atoms with Crippen LogP contribution in [0.2, 0.25) is 0 Å². The zero-order chi connectivity index (χ0) is 15.1. The molecule has 0 aromatic rings. The van der Waals surface area contributed by atoms with Gasteiger partial charge in [0.1, 0.15) is 0 Å². The lowest BCUT2D eigenvalue weighted by atomic mass is 9.91. The van der Waals surface area contributed by atoms with Crippen LogP contribution in [0.15, 0.2) is 0 Å². The summed E-state index contributed by atoms with van der Waals surface area (Å²) in [6, 6.07) is 0.326. The quantitative estimate of drug-likeness (QED) is 0.706. The lowest BCUT2D eigenvalue weighted by Gasteiger charge is -2.42. The fourth-order valence-electron chi connectivity index (χ4n) is 2.11. The smallest absolute Gasteiger partial charge is 0.329 e. The summed E-state index contributed by atoms with van der Waals surface area (Å²) in [6.45, 7) is 4.44. The van der Waals surface area contributed by atoms with E-state index in [0.29, 0.717) is 19.0 Å². The maximum atomic E-state index is 12.2. The van der Waals surface area contributed by atoms with Crippen molar-refractivity contribution in [2.45, 2.75) is 57.3 Å². The molecule has 116 valence electrons. The Morgan fingerprint density at radius 3 is 2.26 bits per heavy atom. The van der Waals surface area contributed by atoms with Gasteiger partial charge in [-0.1, -0.05) is 0 Å². The Kier molecular flexibility index (Phi) is 8.40. The molecule has 0 aliphatic carbocycles. The first-order valence-corrected chi connectivity index (χ1v) is 8.04. The van der Waals surface area contributed by atoms with E-state index in [2.05, 4.69) is 18.1 Å². The molecule has 6 heteroatoms. The predicted octanol–water partition coefficient (Wildman–Crippen LogP) is 3.51. The van der Waals surface area contributed by atoms with Crippen LogP contribution in [0.1, 0.15) is 39.5 Å². The van der Waals surface area contributed by atoms with Crippen molar-refractivity contribution >= 4 is 11.8 Å². The molecule has 0 saturated heterocycles. The number of alkyl halides is 3. The average molecular weight is 300 g/mol. The van der Waals surface area contributed by atoms with E-state index in [1.54, 1.807) is 11.8 Å². The second-order valence-electron chi connectivity index (χ2n) is 5.41. The van der Waals surface area contributed by atoms with Gasteiger partial charge in [0.05, 0.1) is 0 Å². The number of thioether (sulfide) groups is 1. The van der Waals surface area contributed by atoms with Gasteiger partial charge in [0.2, 0.25) is 0 Å². The highest BCUT2D eigenvalue weighted by atomic mass is 32.2. The molecule has 0 aromatic heterocycles. The van der Waals surface area contributed by atoms with Gasteiger partial charge < -0.3 is 5.73 Å². The highest BCUT2D eigenvalue weighted by Crippen LogP contribution is 2.28. The summed E-state index contributed by atoms with van der Waals surface area (Å²) in [5.74, 6) is 1.05. The summed E-state index contributed by atoms with van der Waals surface area (Å²) >= 11 is 1.78. The van der Waals surface area contributed by atoms with Crippen molar-refractivity contribution in [3.63, 3.8) is 0 Å². The molecular weight excluding hydrogens is 273 g/mol. The van der Waals surface area contributed by atoms with Gasteiger partial charge in [-0.3, -0.25) is 4.90 Å². The van der Waals surface area contributed by atoms with Crippen molar-refractivity contribution in [1.82, 2.24) is 4.90 Å². The summed E-state index contributed by atoms with van der Waals surface area (Å²) in [5.41, 5.74) is 5.44. The van der Waals surface area contributed by atoms with Gasteiger partial charge in [0, 0.05) is 24.5 Å². The van der Waals surface area contributed by atoms with Crippen molar-refractivity contribution in [3.8, 4) is 0 Å². The fourth-order valence-corrected chi connectivity index (χ4v) is 2.68. The molecule has 0 saturated carbocycles. The molecule has 0 bridgehead atoms. The molecule has 2 atom stereocenters. The van der Waals surface area contributed by atoms with Crippen molar-refractivity contribution in [1.29, 1.82) is 0 Å². The van der Waals surface area contributed by atoms with Crippen molar-refractivity contribution in [3.05, 3.63) is 0 Å². The first-order chi connectivity index (χ1) is 8.66. The summed E-state index contributed by atoms with van der Waals surface area (Å²) in [4.78, 5) is 2.14. The van der Waals surface area contributed by atoms with Crippen LogP contribution in [0.4, 0.5) is 13.2 Å². The summed E-state index contributed by atoms with van der Waals surface area (Å²) in [6.07, 6.45) is -1.11. The van der Waals surface area contributed by atoms with Gasteiger partial charge in [-0.25, -0.2) is 0 Å². The van der Waals surface area contributed by atoms with Gasteiger partial charge in [0.25, 0.3) is 0 Å². The van der Waals surface area contributed by atoms with Gasteiger partial charge >= 0.3 is 6.18 Å². The number of nitrogens with zero attached hydrogens (tertiary/aromatic N) is 1. The molecular formula is C13H27F3N2S. The van der Waals surface area contributed by atoms with E-state index >= 15 is 0 Å². The SMILES string of the molecule is CSCCC(C)N(C)C(C)(CN)CCCC(F)(F)F. The van der Waals surface area contributed by atoms with Crippen molar-refractivity contribution in [2.24, 2.45) is 5.73 Å². The second-order valence-corrected chi connectivity index (χ2v) is 6.40. The van der Waals surface area contributed by atoms with Crippen molar-refractivity contribution in [2.75, 3.05) is 25.6 Å². The predicted molar refractivity (Wildman–Crippen MR) is 77.6 cm³/mol. The highest BCUT2D eigenvalue weighted by Gasteiger charge is 2.33. The Hall–Kier alpha value is 0.0600. The Morgan fingerprint density at radius 2 is 1.84 bits per heavy atom. The topological polar surface area (TPSA) is 29.3 Å². The summed E-state index contributed by atoms with van der Waals surface area (Å²) in [7, 11) is 1.96. The normalized spacial score (nSPS) is 17.5. The lowest BCUT2D eigenvalue weighted by Crippen LogP contribution is -2.53. The minimum Gasteiger partial charge on any atom is -0.329 e. The Labute approximate surface area is 119 Å². The van der Waals surface area contributed by atoms with E-state index in [0.717, 1.165) is 12.2 Å². The third kappa shape index (κ3) is 7.42. The molecule has 0 aliphatic rings. The van der Waals surface area contributed by atoms with Gasteiger partial charge in [-0.15, -0.1) is 0 Å². The standard InChI is InChI=1S/C13H27F3N2S/c1-11(6-9-19-4)18(3)12(2,10-17)7-5-8-13(14,15)16/h11H,5-10,17H2,1-4H3. The third-order valence-corrected chi connectivity index (χ3v) is 4.51. The van der Waals surface area contributed by atoms with Crippen LogP contribution >= 0.6 is 11.8 Å². The molecule has 0 spiro atoms. The molecule has 2 nitrogen and oxygen atoms in total. The lowest BCUT2D eigenvalue weighted by molar-refractivity contribution is -0.136. The fraction of sp³-hybridized carbons (Fsp3) is 1.00. The Bertz CT molecular complexity index is 249. The second kappa shape index (κ2) is 8.37. The summed E-state index contributed by atoms with van der Waals surface area (Å²) in [5, 5.41) is 0. The van der Waals surface area contributed by atoms with Crippen LogP contribution in [0.3, 0.4) is 0 Å². The molecule has 2 N–H and O–H groups in total. The van der Waals surface area contributed by atoms with Gasteiger partial charge in [-0.2, -0.15) is 24.9 Å². The maximum absolute atomic E-state index is 12.2. The molecule has 2 unspecified atom stereocenters. The molecule has 0 fully saturated rings. The van der Waals surface area contributed by atoms with Crippen LogP contribution in [0, 0.1) is 0 Å². The molecule has 19 heavy (non-hydrogen) atoms. The minimum atomic E-state index is -4.07. The van der Waals surface area contributed by atoms with E-state index < -0.39 is 12.6 Å². The Morgan fingerprint density at radius 1 is 1.26 bits per heavy atom. The van der Waals surface area contributed by atoms with Crippen molar-refractivity contribution < 1.29 is 13.2 Å². The number of halogens is 3. The Balaban J connectivity index is 4.40. The average Bonchev–Trinajstić information content (AvgIpc) is 2.33. The minimum absolute atomic E-state index is 0.136. The van der Waals surface area contributed by atoms with E-state index in [1.165, 1.54) is 0 Å². The van der Waals surface area contributed by atoms with Gasteiger partial charge in [0.15, 0.2) is 0 Å². The zero-order valence-electron chi connectivity index (χ0n) is 12.4. The molecule has 0 heterocycles. The van der Waals surface area contributed by atoms with E-state index in [9.17, 15) is 13.2 Å². The van der Waals surface area contributed by atoms with Crippen LogP contribution in [-0.4, -0.2) is 48.3 Å². The monoisotopic (exact) mass is 300 g/mol. The molecule has 0 rings (SSSR count). The third-order valence-electron chi connectivity index (χ3n) is 3.87. The van der Waals surface area contributed by atoms with Crippen LogP contribution < -0.4 is 5.73 Å². The molecule has 0 amide bonds. The number of hydrogen-bond donors (Lipinski definition) is 1. The van der Waals surface area contributed by atoms with Crippen LogP contribution in [-0.2, 0) is 0 Å². The van der Waals surface area contributed by atoms with Crippen LogP contribution in [0.25, 0.3) is 0 Å². The number of rotatable bonds is 9. The largest absolute Gasteiger partial charge is 0.389 e. The maximum Gasteiger partial charge on any atom is 0.389 e. The van der Waals surface area contributed by atoms with E-state index in [-0.39, 0.29) is 12.0 Å². The molecule has 0 aromatic carbocycles. The van der Waals surface area contributed by atoms with E-state index in [1.807, 2.05) is 14.0 Å². The zero-order valence-corrected chi connectivity index (χ0v) is 13.2. The number of hydrogen-bond acceptors (Lipinski definition) is 3.